The van der Waals surface area contributed by atoms with Gasteiger partial charge >= 0.3 is 5.97 Å². The highest BCUT2D eigenvalue weighted by atomic mass is 16.5. The number of fused-ring (bicyclic) bond motifs is 1. The zero-order chi connectivity index (χ0) is 12.4. The van der Waals surface area contributed by atoms with Crippen LogP contribution in [0.4, 0.5) is 0 Å². The normalized spacial score (nSPS) is 20.8. The first kappa shape index (κ1) is 12.1. The van der Waals surface area contributed by atoms with E-state index in [1.54, 1.807) is 0 Å². The second-order valence-electron chi connectivity index (χ2n) is 4.65. The van der Waals surface area contributed by atoms with E-state index < -0.39 is 0 Å². The monoisotopic (exact) mass is 237 g/mol. The van der Waals surface area contributed by atoms with Gasteiger partial charge in [-0.15, -0.1) is 10.2 Å². The van der Waals surface area contributed by atoms with Crippen molar-refractivity contribution in [2.45, 2.75) is 45.6 Å². The van der Waals surface area contributed by atoms with Crippen molar-refractivity contribution < 1.29 is 9.53 Å². The molecule has 2 heterocycles. The van der Waals surface area contributed by atoms with E-state index in [9.17, 15) is 4.79 Å². The highest BCUT2D eigenvalue weighted by molar-refractivity contribution is 5.72. The van der Waals surface area contributed by atoms with E-state index in [1.807, 2.05) is 0 Å². The van der Waals surface area contributed by atoms with Crippen molar-refractivity contribution in [1.29, 1.82) is 0 Å². The molecule has 0 radical (unpaired) electrons. The molecule has 2 unspecified atom stereocenters. The molecule has 0 fully saturated rings. The summed E-state index contributed by atoms with van der Waals surface area (Å²) in [4.78, 5) is 11.5. The summed E-state index contributed by atoms with van der Waals surface area (Å²) in [5, 5.41) is 8.45. The fourth-order valence-corrected chi connectivity index (χ4v) is 2.27. The maximum Gasteiger partial charge on any atom is 0.309 e. The molecule has 0 aromatic carbocycles. The molecular formula is C12H19N3O2. The Morgan fingerprint density at radius 1 is 1.59 bits per heavy atom. The molecule has 2 rings (SSSR count). The largest absolute Gasteiger partial charge is 0.469 e. The molecule has 17 heavy (non-hydrogen) atoms. The van der Waals surface area contributed by atoms with E-state index in [1.165, 1.54) is 7.11 Å². The minimum absolute atomic E-state index is 0.0542. The predicted octanol–water partition coefficient (Wildman–Crippen LogP) is 1.53. The average Bonchev–Trinajstić information content (AvgIpc) is 2.79. The summed E-state index contributed by atoms with van der Waals surface area (Å²) in [6.07, 6.45) is 2.52. The third-order valence-electron chi connectivity index (χ3n) is 3.57. The van der Waals surface area contributed by atoms with Crippen LogP contribution in [0.25, 0.3) is 0 Å². The molecule has 1 aliphatic rings. The van der Waals surface area contributed by atoms with Gasteiger partial charge in [0.1, 0.15) is 11.6 Å². The molecule has 0 aliphatic carbocycles. The van der Waals surface area contributed by atoms with Gasteiger partial charge in [0, 0.05) is 18.9 Å². The first-order chi connectivity index (χ1) is 8.17. The van der Waals surface area contributed by atoms with Crippen LogP contribution in [0, 0.1) is 5.92 Å². The molecule has 5 heteroatoms. The van der Waals surface area contributed by atoms with Crippen LogP contribution in [0.2, 0.25) is 0 Å². The lowest BCUT2D eigenvalue weighted by Gasteiger charge is -2.22. The van der Waals surface area contributed by atoms with E-state index >= 15 is 0 Å². The van der Waals surface area contributed by atoms with Gasteiger partial charge in [-0.1, -0.05) is 13.8 Å². The summed E-state index contributed by atoms with van der Waals surface area (Å²) < 4.78 is 6.94. The van der Waals surface area contributed by atoms with Crippen LogP contribution in [0.1, 0.15) is 44.3 Å². The summed E-state index contributed by atoms with van der Waals surface area (Å²) in [6.45, 7) is 5.12. The number of nitrogens with zero attached hydrogens (tertiary/aromatic N) is 3. The SMILES string of the molecule is CCC(C)c1nnc2n1CCC(C(=O)OC)C2. The second kappa shape index (κ2) is 4.85. The number of carbonyl (C=O) groups is 1. The van der Waals surface area contributed by atoms with Gasteiger partial charge in [-0.05, 0) is 12.8 Å². The zero-order valence-corrected chi connectivity index (χ0v) is 10.6. The number of ether oxygens (including phenoxy) is 1. The zero-order valence-electron chi connectivity index (χ0n) is 10.6. The number of hydrogen-bond donors (Lipinski definition) is 0. The molecule has 1 aromatic rings. The van der Waals surface area contributed by atoms with E-state index in [2.05, 4.69) is 28.6 Å². The third kappa shape index (κ3) is 2.18. The quantitative estimate of drug-likeness (QED) is 0.748. The lowest BCUT2D eigenvalue weighted by atomic mass is 9.97. The molecule has 1 aromatic heterocycles. The third-order valence-corrected chi connectivity index (χ3v) is 3.57. The van der Waals surface area contributed by atoms with Crippen LogP contribution in [0.5, 0.6) is 0 Å². The Labute approximate surface area is 101 Å². The Bertz CT molecular complexity index is 414. The van der Waals surface area contributed by atoms with Gasteiger partial charge in [0.05, 0.1) is 13.0 Å². The van der Waals surface area contributed by atoms with Crippen molar-refractivity contribution in [3.05, 3.63) is 11.6 Å². The van der Waals surface area contributed by atoms with E-state index in [4.69, 9.17) is 4.74 Å². The van der Waals surface area contributed by atoms with Gasteiger partial charge in [0.25, 0.3) is 0 Å². The molecular weight excluding hydrogens is 218 g/mol. The summed E-state index contributed by atoms with van der Waals surface area (Å²) in [5.41, 5.74) is 0. The van der Waals surface area contributed by atoms with Crippen molar-refractivity contribution in [3.8, 4) is 0 Å². The van der Waals surface area contributed by atoms with Crippen molar-refractivity contribution in [2.75, 3.05) is 7.11 Å². The van der Waals surface area contributed by atoms with Crippen molar-refractivity contribution in [1.82, 2.24) is 14.8 Å². The van der Waals surface area contributed by atoms with Crippen LogP contribution < -0.4 is 0 Å². The molecule has 94 valence electrons. The van der Waals surface area contributed by atoms with E-state index in [0.29, 0.717) is 12.3 Å². The fraction of sp³-hybridized carbons (Fsp3) is 0.750. The Kier molecular flexibility index (Phi) is 3.45. The van der Waals surface area contributed by atoms with Crippen LogP contribution in [0.3, 0.4) is 0 Å². The molecule has 0 saturated heterocycles. The van der Waals surface area contributed by atoms with E-state index in [0.717, 1.165) is 31.0 Å². The summed E-state index contributed by atoms with van der Waals surface area (Å²) >= 11 is 0. The van der Waals surface area contributed by atoms with E-state index in [-0.39, 0.29) is 11.9 Å². The number of methoxy groups -OCH3 is 1. The Morgan fingerprint density at radius 3 is 3.00 bits per heavy atom. The van der Waals surface area contributed by atoms with Gasteiger partial charge in [-0.25, -0.2) is 0 Å². The highest BCUT2D eigenvalue weighted by Crippen LogP contribution is 2.25. The van der Waals surface area contributed by atoms with Gasteiger partial charge in [0.15, 0.2) is 0 Å². The van der Waals surface area contributed by atoms with Crippen LogP contribution >= 0.6 is 0 Å². The molecule has 0 saturated carbocycles. The number of aromatic nitrogens is 3. The molecule has 0 amide bonds. The molecule has 5 nitrogen and oxygen atoms in total. The molecule has 1 aliphatic heterocycles. The minimum atomic E-state index is -0.135. The Hall–Kier alpha value is -1.39. The fourth-order valence-electron chi connectivity index (χ4n) is 2.27. The first-order valence-corrected chi connectivity index (χ1v) is 6.17. The average molecular weight is 237 g/mol. The second-order valence-corrected chi connectivity index (χ2v) is 4.65. The number of carbonyl (C=O) groups excluding carboxylic acids is 1. The summed E-state index contributed by atoms with van der Waals surface area (Å²) in [7, 11) is 1.44. The van der Waals surface area contributed by atoms with Crippen molar-refractivity contribution in [2.24, 2.45) is 5.92 Å². The molecule has 0 N–H and O–H groups in total. The van der Waals surface area contributed by atoms with Crippen molar-refractivity contribution in [3.63, 3.8) is 0 Å². The number of rotatable bonds is 3. The van der Waals surface area contributed by atoms with Gasteiger partial charge in [0.2, 0.25) is 0 Å². The molecule has 0 bridgehead atoms. The lowest BCUT2D eigenvalue weighted by molar-refractivity contribution is -0.146. The van der Waals surface area contributed by atoms with Gasteiger partial charge < -0.3 is 9.30 Å². The summed E-state index contributed by atoms with van der Waals surface area (Å²) in [5.74, 6) is 2.20. The predicted molar refractivity (Wildman–Crippen MR) is 62.6 cm³/mol. The van der Waals surface area contributed by atoms with Crippen LogP contribution in [-0.2, 0) is 22.5 Å². The molecule has 0 spiro atoms. The number of hydrogen-bond acceptors (Lipinski definition) is 4. The standard InChI is InChI=1S/C12H19N3O2/c1-4-8(2)11-14-13-10-7-9(12(16)17-3)5-6-15(10)11/h8-9H,4-7H2,1-3H3. The molecule has 2 atom stereocenters. The highest BCUT2D eigenvalue weighted by Gasteiger charge is 2.29. The van der Waals surface area contributed by atoms with Gasteiger partial charge in [-0.2, -0.15) is 0 Å². The lowest BCUT2D eigenvalue weighted by Crippen LogP contribution is -2.27. The Balaban J connectivity index is 2.18. The summed E-state index contributed by atoms with van der Waals surface area (Å²) in [6, 6.07) is 0. The van der Waals surface area contributed by atoms with Crippen LogP contribution in [0.15, 0.2) is 0 Å². The first-order valence-electron chi connectivity index (χ1n) is 6.17. The topological polar surface area (TPSA) is 57.0 Å². The Morgan fingerprint density at radius 2 is 2.35 bits per heavy atom. The van der Waals surface area contributed by atoms with Gasteiger partial charge in [-0.3, -0.25) is 4.79 Å². The number of esters is 1. The van der Waals surface area contributed by atoms with Crippen molar-refractivity contribution >= 4 is 5.97 Å². The minimum Gasteiger partial charge on any atom is -0.469 e. The maximum atomic E-state index is 11.5. The van der Waals surface area contributed by atoms with Crippen LogP contribution in [-0.4, -0.2) is 27.8 Å². The maximum absolute atomic E-state index is 11.5. The smallest absolute Gasteiger partial charge is 0.309 e.